The first-order chi connectivity index (χ1) is 7.81. The first-order valence-electron chi connectivity index (χ1n) is 6.52. The Labute approximate surface area is 103 Å². The molecule has 1 nitrogen and oxygen atoms in total. The Kier molecular flexibility index (Phi) is 1.95. The van der Waals surface area contributed by atoms with Gasteiger partial charge in [-0.15, -0.1) is 0 Å². The predicted molar refractivity (Wildman–Crippen MR) is 69.8 cm³/mol. The Morgan fingerprint density at radius 3 is 2.41 bits per heavy atom. The number of carbonyl (C=O) groups excluding carboxylic acids is 1. The van der Waals surface area contributed by atoms with Crippen molar-refractivity contribution in [2.24, 2.45) is 0 Å². The predicted octanol–water partition coefficient (Wildman–Crippen LogP) is 3.77. The zero-order chi connectivity index (χ0) is 12.4. The number of carbonyl (C=O) groups is 1. The van der Waals surface area contributed by atoms with Crippen molar-refractivity contribution in [1.29, 1.82) is 0 Å². The van der Waals surface area contributed by atoms with Gasteiger partial charge in [0.15, 0.2) is 5.78 Å². The normalized spacial score (nSPS) is 23.6. The van der Waals surface area contributed by atoms with E-state index in [2.05, 4.69) is 39.8 Å². The van der Waals surface area contributed by atoms with Gasteiger partial charge in [-0.25, -0.2) is 0 Å². The molecule has 0 radical (unpaired) electrons. The monoisotopic (exact) mass is 228 g/mol. The van der Waals surface area contributed by atoms with Gasteiger partial charge in [0.2, 0.25) is 0 Å². The van der Waals surface area contributed by atoms with Crippen LogP contribution < -0.4 is 0 Å². The van der Waals surface area contributed by atoms with Crippen molar-refractivity contribution >= 4 is 5.78 Å². The van der Waals surface area contributed by atoms with Crippen molar-refractivity contribution in [3.8, 4) is 0 Å². The van der Waals surface area contributed by atoms with E-state index < -0.39 is 0 Å². The molecule has 0 heterocycles. The van der Waals surface area contributed by atoms with Gasteiger partial charge >= 0.3 is 0 Å². The molecule has 0 saturated heterocycles. The molecular formula is C16H20O. The number of benzene rings is 1. The quantitative estimate of drug-likeness (QED) is 0.660. The van der Waals surface area contributed by atoms with E-state index in [1.807, 2.05) is 0 Å². The zero-order valence-electron chi connectivity index (χ0n) is 11.2. The van der Waals surface area contributed by atoms with Gasteiger partial charge in [-0.2, -0.15) is 0 Å². The highest BCUT2D eigenvalue weighted by molar-refractivity contribution is 6.02. The fraction of sp³-hybridized carbons (Fsp3) is 0.562. The molecule has 0 unspecified atom stereocenters. The Morgan fingerprint density at radius 2 is 1.71 bits per heavy atom. The van der Waals surface area contributed by atoms with E-state index in [9.17, 15) is 4.79 Å². The molecule has 0 aromatic heterocycles. The second kappa shape index (κ2) is 3.01. The van der Waals surface area contributed by atoms with E-state index in [-0.39, 0.29) is 10.8 Å². The molecule has 90 valence electrons. The van der Waals surface area contributed by atoms with Crippen LogP contribution in [0.5, 0.6) is 0 Å². The average Bonchev–Trinajstić information content (AvgIpc) is 2.63. The van der Waals surface area contributed by atoms with Gasteiger partial charge in [0.1, 0.15) is 0 Å². The third-order valence-electron chi connectivity index (χ3n) is 4.62. The number of ketones is 1. The van der Waals surface area contributed by atoms with Crippen LogP contribution in [0.3, 0.4) is 0 Å². The van der Waals surface area contributed by atoms with Crippen LogP contribution in [0, 0.1) is 0 Å². The second-order valence-electron chi connectivity index (χ2n) is 6.92. The minimum absolute atomic E-state index is 0.0279. The first kappa shape index (κ1) is 11.0. The minimum Gasteiger partial charge on any atom is -0.294 e. The maximum atomic E-state index is 12.0. The summed E-state index contributed by atoms with van der Waals surface area (Å²) < 4.78 is 0. The maximum absolute atomic E-state index is 12.0. The summed E-state index contributed by atoms with van der Waals surface area (Å²) in [5.74, 6) is 0.331. The molecular weight excluding hydrogens is 208 g/mol. The van der Waals surface area contributed by atoms with Crippen LogP contribution in [0.4, 0.5) is 0 Å². The summed E-state index contributed by atoms with van der Waals surface area (Å²) in [5, 5.41) is 0. The van der Waals surface area contributed by atoms with Gasteiger partial charge in [-0.05, 0) is 46.4 Å². The van der Waals surface area contributed by atoms with Crippen LogP contribution in [0.2, 0.25) is 0 Å². The summed E-state index contributed by atoms with van der Waals surface area (Å²) in [6.45, 7) is 9.00. The highest BCUT2D eigenvalue weighted by atomic mass is 16.1. The third kappa shape index (κ3) is 1.41. The number of aryl methyl sites for hydroxylation is 1. The van der Waals surface area contributed by atoms with E-state index >= 15 is 0 Å². The largest absolute Gasteiger partial charge is 0.294 e. The molecule has 1 aromatic carbocycles. The van der Waals surface area contributed by atoms with Crippen LogP contribution in [0.1, 0.15) is 67.6 Å². The fourth-order valence-corrected chi connectivity index (χ4v) is 3.45. The lowest BCUT2D eigenvalue weighted by atomic mass is 9.81. The summed E-state index contributed by atoms with van der Waals surface area (Å²) in [6.07, 6.45) is 3.01. The summed E-state index contributed by atoms with van der Waals surface area (Å²) in [6, 6.07) is 4.50. The highest BCUT2D eigenvalue weighted by Gasteiger charge is 2.39. The van der Waals surface area contributed by atoms with Crippen molar-refractivity contribution in [3.63, 3.8) is 0 Å². The molecule has 0 atom stereocenters. The van der Waals surface area contributed by atoms with Crippen LogP contribution in [0.15, 0.2) is 12.1 Å². The first-order valence-corrected chi connectivity index (χ1v) is 6.52. The molecule has 0 fully saturated rings. The van der Waals surface area contributed by atoms with Gasteiger partial charge in [0.25, 0.3) is 0 Å². The van der Waals surface area contributed by atoms with E-state index in [0.717, 1.165) is 12.0 Å². The average molecular weight is 228 g/mol. The lowest BCUT2D eigenvalue weighted by Crippen LogP contribution is -2.16. The van der Waals surface area contributed by atoms with Crippen LogP contribution in [0.25, 0.3) is 0 Å². The number of hydrogen-bond acceptors (Lipinski definition) is 1. The summed E-state index contributed by atoms with van der Waals surface area (Å²) >= 11 is 0. The molecule has 0 spiro atoms. The molecule has 3 rings (SSSR count). The fourth-order valence-electron chi connectivity index (χ4n) is 3.45. The van der Waals surface area contributed by atoms with Gasteiger partial charge in [-0.1, -0.05) is 33.8 Å². The summed E-state index contributed by atoms with van der Waals surface area (Å²) in [4.78, 5) is 12.0. The van der Waals surface area contributed by atoms with Crippen molar-refractivity contribution < 1.29 is 4.79 Å². The van der Waals surface area contributed by atoms with E-state index in [1.165, 1.54) is 23.1 Å². The lowest BCUT2D eigenvalue weighted by molar-refractivity contribution is 0.0979. The topological polar surface area (TPSA) is 17.1 Å². The molecule has 1 heteroatoms. The Bertz CT molecular complexity index is 521. The Morgan fingerprint density at radius 1 is 1.00 bits per heavy atom. The van der Waals surface area contributed by atoms with E-state index in [1.54, 1.807) is 0 Å². The molecule has 2 aliphatic rings. The molecule has 17 heavy (non-hydrogen) atoms. The maximum Gasteiger partial charge on any atom is 0.164 e. The van der Waals surface area contributed by atoms with Crippen molar-refractivity contribution in [3.05, 3.63) is 34.4 Å². The molecule has 1 aromatic rings. The third-order valence-corrected chi connectivity index (χ3v) is 4.62. The molecule has 2 aliphatic carbocycles. The van der Waals surface area contributed by atoms with Gasteiger partial charge in [0, 0.05) is 12.0 Å². The summed E-state index contributed by atoms with van der Waals surface area (Å²) in [5.41, 5.74) is 5.45. The molecule has 0 aliphatic heterocycles. The van der Waals surface area contributed by atoms with Crippen LogP contribution >= 0.6 is 0 Å². The molecule has 0 bridgehead atoms. The Hall–Kier alpha value is -1.11. The van der Waals surface area contributed by atoms with Crippen LogP contribution in [-0.4, -0.2) is 5.78 Å². The van der Waals surface area contributed by atoms with Crippen molar-refractivity contribution in [1.82, 2.24) is 0 Å². The number of fused-ring (bicyclic) bond motifs is 2. The number of Topliss-reactive ketones (excluding diaryl/α,β-unsaturated/α-hetero) is 1. The van der Waals surface area contributed by atoms with E-state index in [0.29, 0.717) is 12.2 Å². The van der Waals surface area contributed by atoms with Crippen molar-refractivity contribution in [2.45, 2.75) is 57.8 Å². The van der Waals surface area contributed by atoms with E-state index in [4.69, 9.17) is 0 Å². The van der Waals surface area contributed by atoms with Gasteiger partial charge in [-0.3, -0.25) is 4.79 Å². The van der Waals surface area contributed by atoms with Gasteiger partial charge < -0.3 is 0 Å². The smallest absolute Gasteiger partial charge is 0.164 e. The summed E-state index contributed by atoms with van der Waals surface area (Å²) in [7, 11) is 0. The molecule has 0 amide bonds. The number of hydrogen-bond donors (Lipinski definition) is 0. The zero-order valence-corrected chi connectivity index (χ0v) is 11.2. The standard InChI is InChI=1S/C16H20O/c1-15(2)6-5-10-7-11-13(8-12(10)15)16(3,4)9-14(11)17/h7-8H,5-6,9H2,1-4H3. The number of rotatable bonds is 0. The van der Waals surface area contributed by atoms with Crippen molar-refractivity contribution in [2.75, 3.05) is 0 Å². The lowest BCUT2D eigenvalue weighted by Gasteiger charge is -2.23. The van der Waals surface area contributed by atoms with Crippen LogP contribution in [-0.2, 0) is 17.3 Å². The second-order valence-corrected chi connectivity index (χ2v) is 6.92. The molecule has 0 saturated carbocycles. The SMILES string of the molecule is CC1(C)CCc2cc3c(cc21)C(C)(C)CC3=O. The minimum atomic E-state index is 0.0279. The Balaban J connectivity index is 2.26. The molecule has 0 N–H and O–H groups in total. The highest BCUT2D eigenvalue weighted by Crippen LogP contribution is 2.45. The van der Waals surface area contributed by atoms with Gasteiger partial charge in [0.05, 0.1) is 0 Å².